The van der Waals surface area contributed by atoms with Crippen molar-refractivity contribution in [3.05, 3.63) is 48.3 Å². The fourth-order valence-corrected chi connectivity index (χ4v) is 2.79. The van der Waals surface area contributed by atoms with Crippen LogP contribution in [0.3, 0.4) is 0 Å². The fraction of sp³-hybridized carbons (Fsp3) is 0.438. The van der Waals surface area contributed by atoms with E-state index >= 15 is 0 Å². The quantitative estimate of drug-likeness (QED) is 0.908. The summed E-state index contributed by atoms with van der Waals surface area (Å²) < 4.78 is 7.05. The van der Waals surface area contributed by atoms with E-state index in [4.69, 9.17) is 4.74 Å². The Hall–Kier alpha value is -1.85. The average Bonchev–Trinajstić information content (AvgIpc) is 3.02. The first kappa shape index (κ1) is 14.1. The molecular formula is C16H22N4O. The molecule has 0 amide bonds. The van der Waals surface area contributed by atoms with E-state index in [1.807, 2.05) is 10.9 Å². The van der Waals surface area contributed by atoms with E-state index in [-0.39, 0.29) is 0 Å². The van der Waals surface area contributed by atoms with Gasteiger partial charge in [-0.1, -0.05) is 30.3 Å². The number of rotatable bonds is 5. The number of benzene rings is 1. The van der Waals surface area contributed by atoms with Crippen molar-refractivity contribution < 1.29 is 4.74 Å². The molecule has 0 bridgehead atoms. The molecule has 3 rings (SSSR count). The van der Waals surface area contributed by atoms with Gasteiger partial charge in [0, 0.05) is 32.9 Å². The minimum Gasteiger partial charge on any atom is -0.383 e. The fourth-order valence-electron chi connectivity index (χ4n) is 2.79. The van der Waals surface area contributed by atoms with Gasteiger partial charge in [0.25, 0.3) is 0 Å². The van der Waals surface area contributed by atoms with E-state index in [1.165, 1.54) is 11.3 Å². The highest BCUT2D eigenvalue weighted by Gasteiger charge is 2.24. The number of hydrogen-bond acceptors (Lipinski definition) is 4. The first-order valence-electron chi connectivity index (χ1n) is 7.42. The van der Waals surface area contributed by atoms with Crippen LogP contribution in [0.1, 0.15) is 11.6 Å². The van der Waals surface area contributed by atoms with Gasteiger partial charge in [0.15, 0.2) is 0 Å². The minimum atomic E-state index is 0.361. The third-order valence-corrected chi connectivity index (χ3v) is 3.90. The minimum absolute atomic E-state index is 0.361. The van der Waals surface area contributed by atoms with Crippen molar-refractivity contribution >= 4 is 5.69 Å². The monoisotopic (exact) mass is 286 g/mol. The summed E-state index contributed by atoms with van der Waals surface area (Å²) in [7, 11) is 1.71. The highest BCUT2D eigenvalue weighted by atomic mass is 16.5. The van der Waals surface area contributed by atoms with Gasteiger partial charge in [-0.25, -0.2) is 0 Å². The van der Waals surface area contributed by atoms with Gasteiger partial charge in [-0.15, -0.1) is 0 Å². The van der Waals surface area contributed by atoms with Crippen LogP contribution in [-0.2, 0) is 11.3 Å². The van der Waals surface area contributed by atoms with Crippen LogP contribution in [0.5, 0.6) is 0 Å². The maximum atomic E-state index is 5.11. The largest absolute Gasteiger partial charge is 0.383 e. The number of ether oxygens (including phenoxy) is 1. The van der Waals surface area contributed by atoms with Crippen molar-refractivity contribution in [2.45, 2.75) is 12.6 Å². The highest BCUT2D eigenvalue weighted by molar-refractivity contribution is 5.46. The molecule has 1 aromatic carbocycles. The lowest BCUT2D eigenvalue weighted by Crippen LogP contribution is -2.46. The number of piperazine rings is 1. The predicted molar refractivity (Wildman–Crippen MR) is 83.5 cm³/mol. The molecule has 1 atom stereocenters. The van der Waals surface area contributed by atoms with Gasteiger partial charge < -0.3 is 15.0 Å². The van der Waals surface area contributed by atoms with Gasteiger partial charge >= 0.3 is 0 Å². The van der Waals surface area contributed by atoms with Gasteiger partial charge in [-0.3, -0.25) is 4.68 Å². The Balaban J connectivity index is 1.79. The molecule has 1 aliphatic heterocycles. The standard InChI is InChI=1S/C16H22N4O/c1-21-10-9-19-13-15(11-18-19)20-8-7-17-12-16(20)14-5-3-2-4-6-14/h2-6,11,13,16-17H,7-10,12H2,1H3. The average molecular weight is 286 g/mol. The molecule has 1 aliphatic rings. The molecule has 5 heteroatoms. The number of nitrogens with one attached hydrogen (secondary N) is 1. The van der Waals surface area contributed by atoms with Crippen LogP contribution in [0.4, 0.5) is 5.69 Å². The second kappa shape index (κ2) is 6.74. The SMILES string of the molecule is COCCn1cc(N2CCNCC2c2ccccc2)cn1. The van der Waals surface area contributed by atoms with Gasteiger partial charge in [0.05, 0.1) is 31.1 Å². The number of anilines is 1. The molecule has 2 aromatic rings. The summed E-state index contributed by atoms with van der Waals surface area (Å²) in [5.41, 5.74) is 2.52. The molecular weight excluding hydrogens is 264 g/mol. The third kappa shape index (κ3) is 3.25. The van der Waals surface area contributed by atoms with E-state index in [1.54, 1.807) is 7.11 Å². The zero-order chi connectivity index (χ0) is 14.5. The molecule has 5 nitrogen and oxygen atoms in total. The Bertz CT molecular complexity index is 554. The van der Waals surface area contributed by atoms with Crippen molar-refractivity contribution in [2.24, 2.45) is 0 Å². The molecule has 0 saturated carbocycles. The van der Waals surface area contributed by atoms with Crippen LogP contribution in [0.15, 0.2) is 42.7 Å². The Kier molecular flexibility index (Phi) is 4.52. The molecule has 21 heavy (non-hydrogen) atoms. The molecule has 0 spiro atoms. The van der Waals surface area contributed by atoms with E-state index in [0.717, 1.165) is 26.2 Å². The van der Waals surface area contributed by atoms with Crippen molar-refractivity contribution in [3.63, 3.8) is 0 Å². The molecule has 112 valence electrons. The first-order chi connectivity index (χ1) is 10.4. The maximum absolute atomic E-state index is 5.11. The number of aromatic nitrogens is 2. The number of nitrogens with zero attached hydrogens (tertiary/aromatic N) is 3. The van der Waals surface area contributed by atoms with Crippen molar-refractivity contribution in [1.82, 2.24) is 15.1 Å². The summed E-state index contributed by atoms with van der Waals surface area (Å²) >= 11 is 0. The predicted octanol–water partition coefficient (Wildman–Crippen LogP) is 1.68. The molecule has 1 unspecified atom stereocenters. The van der Waals surface area contributed by atoms with Gasteiger partial charge in [-0.05, 0) is 5.56 Å². The Morgan fingerprint density at radius 2 is 2.19 bits per heavy atom. The number of methoxy groups -OCH3 is 1. The van der Waals surface area contributed by atoms with Crippen molar-refractivity contribution in [3.8, 4) is 0 Å². The first-order valence-corrected chi connectivity index (χ1v) is 7.42. The van der Waals surface area contributed by atoms with Crippen molar-refractivity contribution in [1.29, 1.82) is 0 Å². The van der Waals surface area contributed by atoms with Gasteiger partial charge in [0.1, 0.15) is 0 Å². The lowest BCUT2D eigenvalue weighted by atomic mass is 10.0. The second-order valence-electron chi connectivity index (χ2n) is 5.28. The summed E-state index contributed by atoms with van der Waals surface area (Å²) in [6, 6.07) is 11.0. The summed E-state index contributed by atoms with van der Waals surface area (Å²) in [6.45, 7) is 4.44. The van der Waals surface area contributed by atoms with E-state index in [0.29, 0.717) is 12.6 Å². The zero-order valence-corrected chi connectivity index (χ0v) is 12.4. The lowest BCUT2D eigenvalue weighted by Gasteiger charge is -2.37. The molecule has 1 fully saturated rings. The van der Waals surface area contributed by atoms with Crippen LogP contribution in [-0.4, -0.2) is 43.1 Å². The van der Waals surface area contributed by atoms with E-state index in [2.05, 4.69) is 51.8 Å². The third-order valence-electron chi connectivity index (χ3n) is 3.90. The van der Waals surface area contributed by atoms with Crippen LogP contribution in [0.25, 0.3) is 0 Å². The summed E-state index contributed by atoms with van der Waals surface area (Å²) in [6.07, 6.45) is 4.07. The molecule has 0 aliphatic carbocycles. The Labute approximate surface area is 125 Å². The molecule has 2 heterocycles. The summed E-state index contributed by atoms with van der Waals surface area (Å²) in [5, 5.41) is 7.92. The lowest BCUT2D eigenvalue weighted by molar-refractivity contribution is 0.183. The van der Waals surface area contributed by atoms with Gasteiger partial charge in [0.2, 0.25) is 0 Å². The number of hydrogen-bond donors (Lipinski definition) is 1. The van der Waals surface area contributed by atoms with Crippen molar-refractivity contribution in [2.75, 3.05) is 38.3 Å². The molecule has 1 saturated heterocycles. The van der Waals surface area contributed by atoms with Crippen LogP contribution in [0, 0.1) is 0 Å². The summed E-state index contributed by atoms with van der Waals surface area (Å²) in [4.78, 5) is 2.43. The molecule has 0 radical (unpaired) electrons. The molecule has 1 N–H and O–H groups in total. The topological polar surface area (TPSA) is 42.3 Å². The maximum Gasteiger partial charge on any atom is 0.0758 e. The van der Waals surface area contributed by atoms with Crippen LogP contribution in [0.2, 0.25) is 0 Å². The summed E-state index contributed by atoms with van der Waals surface area (Å²) in [5.74, 6) is 0. The highest BCUT2D eigenvalue weighted by Crippen LogP contribution is 2.27. The second-order valence-corrected chi connectivity index (χ2v) is 5.28. The smallest absolute Gasteiger partial charge is 0.0758 e. The molecule has 1 aromatic heterocycles. The van der Waals surface area contributed by atoms with Crippen LogP contribution < -0.4 is 10.2 Å². The Morgan fingerprint density at radius 3 is 3.00 bits per heavy atom. The van der Waals surface area contributed by atoms with E-state index < -0.39 is 0 Å². The Morgan fingerprint density at radius 1 is 1.33 bits per heavy atom. The van der Waals surface area contributed by atoms with Crippen LogP contribution >= 0.6 is 0 Å². The van der Waals surface area contributed by atoms with E-state index in [9.17, 15) is 0 Å². The van der Waals surface area contributed by atoms with Gasteiger partial charge in [-0.2, -0.15) is 5.10 Å². The zero-order valence-electron chi connectivity index (χ0n) is 12.4. The normalized spacial score (nSPS) is 18.9.